The third-order valence-corrected chi connectivity index (χ3v) is 9.32. The van der Waals surface area contributed by atoms with Crippen LogP contribution < -0.4 is 20.7 Å². The number of hydrogen-bond donors (Lipinski definition) is 3. The Morgan fingerprint density at radius 1 is 0.745 bits per heavy atom. The first-order valence-electron chi connectivity index (χ1n) is 16.2. The molecule has 0 atom stereocenters. The molecule has 5 aromatic carbocycles. The minimum absolute atomic E-state index is 0.0966. The highest BCUT2D eigenvalue weighted by atomic mass is 32.2. The Balaban J connectivity index is 1.06. The Bertz CT molecular complexity index is 2120. The van der Waals surface area contributed by atoms with Crippen molar-refractivity contribution in [1.29, 1.82) is 0 Å². The number of benzene rings is 5. The van der Waals surface area contributed by atoms with Crippen LogP contribution in [0.2, 0.25) is 0 Å². The Kier molecular flexibility index (Phi) is 11.7. The van der Waals surface area contributed by atoms with Gasteiger partial charge in [0.15, 0.2) is 5.13 Å². The SMILES string of the molecule is CCOc1ccc(-c2csc(NC(=O)CSc3ccc(NC(=O)/C(=C/c4ccc(-c5ccccc5)cc4)NC(=O)c4ccccc4)cc3)n2)cc1. The summed E-state index contributed by atoms with van der Waals surface area (Å²) in [4.78, 5) is 44.7. The van der Waals surface area contributed by atoms with Gasteiger partial charge in [0, 0.05) is 27.1 Å². The van der Waals surface area contributed by atoms with Crippen LogP contribution in [0.15, 0.2) is 149 Å². The zero-order valence-electron chi connectivity index (χ0n) is 27.7. The number of anilines is 2. The Morgan fingerprint density at radius 2 is 1.39 bits per heavy atom. The molecule has 0 spiro atoms. The van der Waals surface area contributed by atoms with Crippen molar-refractivity contribution in [3.8, 4) is 28.1 Å². The molecule has 254 valence electrons. The summed E-state index contributed by atoms with van der Waals surface area (Å²) in [5, 5.41) is 11.0. The van der Waals surface area contributed by atoms with E-state index in [2.05, 4.69) is 20.9 Å². The van der Waals surface area contributed by atoms with E-state index in [0.29, 0.717) is 23.0 Å². The van der Waals surface area contributed by atoms with Crippen LogP contribution in [0.4, 0.5) is 10.8 Å². The lowest BCUT2D eigenvalue weighted by atomic mass is 10.0. The smallest absolute Gasteiger partial charge is 0.272 e. The van der Waals surface area contributed by atoms with Crippen molar-refractivity contribution in [2.45, 2.75) is 11.8 Å². The molecule has 3 amide bonds. The van der Waals surface area contributed by atoms with Gasteiger partial charge in [-0.15, -0.1) is 23.1 Å². The van der Waals surface area contributed by atoms with Gasteiger partial charge >= 0.3 is 0 Å². The number of carbonyl (C=O) groups is 3. The number of ether oxygens (including phenoxy) is 1. The minimum Gasteiger partial charge on any atom is -0.494 e. The molecule has 0 unspecified atom stereocenters. The van der Waals surface area contributed by atoms with Crippen molar-refractivity contribution in [3.63, 3.8) is 0 Å². The lowest BCUT2D eigenvalue weighted by Crippen LogP contribution is -2.30. The summed E-state index contributed by atoms with van der Waals surface area (Å²) in [7, 11) is 0. The predicted molar refractivity (Wildman–Crippen MR) is 207 cm³/mol. The van der Waals surface area contributed by atoms with E-state index >= 15 is 0 Å². The Morgan fingerprint density at radius 3 is 2.08 bits per heavy atom. The van der Waals surface area contributed by atoms with Gasteiger partial charge in [0.05, 0.1) is 18.1 Å². The highest BCUT2D eigenvalue weighted by Crippen LogP contribution is 2.27. The molecule has 6 aromatic rings. The molecule has 8 nitrogen and oxygen atoms in total. The molecule has 1 aromatic heterocycles. The molecule has 0 radical (unpaired) electrons. The molecule has 0 aliphatic heterocycles. The molecule has 1 heterocycles. The number of thioether (sulfide) groups is 1. The summed E-state index contributed by atoms with van der Waals surface area (Å²) >= 11 is 2.73. The van der Waals surface area contributed by atoms with Crippen LogP contribution in [0.1, 0.15) is 22.8 Å². The van der Waals surface area contributed by atoms with Gasteiger partial charge < -0.3 is 20.7 Å². The van der Waals surface area contributed by atoms with Gasteiger partial charge in [-0.05, 0) is 90.4 Å². The van der Waals surface area contributed by atoms with Crippen LogP contribution in [0.3, 0.4) is 0 Å². The number of amides is 3. The van der Waals surface area contributed by atoms with E-state index in [4.69, 9.17) is 4.74 Å². The first-order valence-corrected chi connectivity index (χ1v) is 18.1. The van der Waals surface area contributed by atoms with Crippen molar-refractivity contribution in [3.05, 3.63) is 156 Å². The molecular weight excluding hydrogens is 677 g/mol. The molecule has 0 fully saturated rings. The third-order valence-electron chi connectivity index (χ3n) is 7.55. The average Bonchev–Trinajstić information content (AvgIpc) is 3.64. The lowest BCUT2D eigenvalue weighted by molar-refractivity contribution is -0.114. The van der Waals surface area contributed by atoms with Gasteiger partial charge in [-0.25, -0.2) is 4.98 Å². The van der Waals surface area contributed by atoms with E-state index in [9.17, 15) is 14.4 Å². The van der Waals surface area contributed by atoms with Crippen molar-refractivity contribution >= 4 is 57.7 Å². The van der Waals surface area contributed by atoms with Crippen LogP contribution in [-0.4, -0.2) is 35.1 Å². The number of aromatic nitrogens is 1. The normalized spacial score (nSPS) is 11.0. The number of hydrogen-bond acceptors (Lipinski definition) is 7. The number of carbonyl (C=O) groups excluding carboxylic acids is 3. The summed E-state index contributed by atoms with van der Waals surface area (Å²) < 4.78 is 5.50. The van der Waals surface area contributed by atoms with Crippen LogP contribution in [0.25, 0.3) is 28.5 Å². The average molecular weight is 711 g/mol. The minimum atomic E-state index is -0.473. The second kappa shape index (κ2) is 17.1. The zero-order valence-corrected chi connectivity index (χ0v) is 29.3. The van der Waals surface area contributed by atoms with Gasteiger partial charge in [0.2, 0.25) is 5.91 Å². The molecule has 0 saturated carbocycles. The first-order chi connectivity index (χ1) is 24.9. The molecule has 51 heavy (non-hydrogen) atoms. The maximum absolute atomic E-state index is 13.5. The maximum Gasteiger partial charge on any atom is 0.272 e. The quantitative estimate of drug-likeness (QED) is 0.0816. The number of thiazole rings is 1. The number of nitrogens with one attached hydrogen (secondary N) is 3. The zero-order chi connectivity index (χ0) is 35.4. The van der Waals surface area contributed by atoms with Gasteiger partial charge in [-0.3, -0.25) is 14.4 Å². The van der Waals surface area contributed by atoms with E-state index in [1.807, 2.05) is 109 Å². The second-order valence-corrected chi connectivity index (χ2v) is 13.1. The lowest BCUT2D eigenvalue weighted by Gasteiger charge is -2.12. The van der Waals surface area contributed by atoms with Crippen LogP contribution in [0, 0.1) is 0 Å². The van der Waals surface area contributed by atoms with Crippen molar-refractivity contribution in [2.24, 2.45) is 0 Å². The molecule has 0 bridgehead atoms. The molecular formula is C41H34N4O4S2. The summed E-state index contributed by atoms with van der Waals surface area (Å²) in [6.45, 7) is 2.54. The van der Waals surface area contributed by atoms with Crippen molar-refractivity contribution in [2.75, 3.05) is 23.0 Å². The molecule has 3 N–H and O–H groups in total. The second-order valence-electron chi connectivity index (χ2n) is 11.2. The van der Waals surface area contributed by atoms with E-state index in [1.165, 1.54) is 23.1 Å². The van der Waals surface area contributed by atoms with E-state index in [0.717, 1.165) is 38.6 Å². The molecule has 0 aliphatic carbocycles. The predicted octanol–water partition coefficient (Wildman–Crippen LogP) is 9.02. The van der Waals surface area contributed by atoms with Gasteiger partial charge in [0.25, 0.3) is 11.8 Å². The number of rotatable bonds is 13. The summed E-state index contributed by atoms with van der Waals surface area (Å²) in [5.41, 5.74) is 5.67. The van der Waals surface area contributed by atoms with Crippen LogP contribution in [0.5, 0.6) is 5.75 Å². The van der Waals surface area contributed by atoms with E-state index < -0.39 is 11.8 Å². The number of nitrogens with zero attached hydrogens (tertiary/aromatic N) is 1. The Hall–Kier alpha value is -5.97. The largest absolute Gasteiger partial charge is 0.494 e. The molecule has 10 heteroatoms. The fourth-order valence-electron chi connectivity index (χ4n) is 5.00. The standard InChI is InChI=1S/C41H34N4O4S2/c1-2-49-34-21-17-31(18-22-34)37-26-51-41(44-37)45-38(46)27-50-35-23-19-33(20-24-35)42-40(48)36(43-39(47)32-11-7-4-8-12-32)25-28-13-15-30(16-14-28)29-9-5-3-6-10-29/h3-26H,2,27H2,1H3,(H,42,48)(H,43,47)(H,44,45,46)/b36-25-. The Labute approximate surface area is 304 Å². The highest BCUT2D eigenvalue weighted by molar-refractivity contribution is 8.00. The third kappa shape index (κ3) is 9.81. The maximum atomic E-state index is 13.5. The summed E-state index contributed by atoms with van der Waals surface area (Å²) in [6.07, 6.45) is 1.65. The molecule has 0 aliphatic rings. The highest BCUT2D eigenvalue weighted by Gasteiger charge is 2.16. The van der Waals surface area contributed by atoms with Crippen LogP contribution in [-0.2, 0) is 9.59 Å². The topological polar surface area (TPSA) is 109 Å². The van der Waals surface area contributed by atoms with Gasteiger partial charge in [-0.2, -0.15) is 0 Å². The van der Waals surface area contributed by atoms with E-state index in [1.54, 1.807) is 42.5 Å². The fourth-order valence-corrected chi connectivity index (χ4v) is 6.44. The van der Waals surface area contributed by atoms with E-state index in [-0.39, 0.29) is 17.4 Å². The molecule has 0 saturated heterocycles. The summed E-state index contributed by atoms with van der Waals surface area (Å²) in [6, 6.07) is 41.3. The van der Waals surface area contributed by atoms with Crippen molar-refractivity contribution < 1.29 is 19.1 Å². The fraction of sp³-hybridized carbons (Fsp3) is 0.0732. The first kappa shape index (κ1) is 34.9. The summed E-state index contributed by atoms with van der Waals surface area (Å²) in [5.74, 6) is -0.0593. The van der Waals surface area contributed by atoms with Crippen LogP contribution >= 0.6 is 23.1 Å². The van der Waals surface area contributed by atoms with Gasteiger partial charge in [-0.1, -0.05) is 72.8 Å². The monoisotopic (exact) mass is 710 g/mol. The van der Waals surface area contributed by atoms with Crippen molar-refractivity contribution in [1.82, 2.24) is 10.3 Å². The van der Waals surface area contributed by atoms with Gasteiger partial charge in [0.1, 0.15) is 11.4 Å². The molecule has 6 rings (SSSR count).